The number of hydrogen-bond acceptors (Lipinski definition) is 2. The molecule has 0 spiro atoms. The van der Waals surface area contributed by atoms with E-state index < -0.39 is 0 Å². The van der Waals surface area contributed by atoms with E-state index in [0.29, 0.717) is 5.25 Å². The van der Waals surface area contributed by atoms with E-state index in [9.17, 15) is 0 Å². The quantitative estimate of drug-likeness (QED) is 0.483. The fourth-order valence-electron chi connectivity index (χ4n) is 0.527. The molecule has 0 amide bonds. The smallest absolute Gasteiger partial charge is 0.0141 e. The second-order valence-electron chi connectivity index (χ2n) is 2.22. The summed E-state index contributed by atoms with van der Waals surface area (Å²) in [6.07, 6.45) is 7.10. The Morgan fingerprint density at radius 1 is 1.70 bits per heavy atom. The van der Waals surface area contributed by atoms with E-state index in [4.69, 9.17) is 12.2 Å². The number of nitrogens with two attached hydrogens (primary N) is 1. The van der Waals surface area contributed by atoms with Crippen LogP contribution in [0.5, 0.6) is 0 Å². The van der Waals surface area contributed by atoms with E-state index in [1.165, 1.54) is 0 Å². The van der Waals surface area contributed by atoms with Crippen molar-refractivity contribution in [2.45, 2.75) is 25.0 Å². The zero-order chi connectivity index (χ0) is 7.82. The Hall–Kier alpha value is -0.130. The van der Waals surface area contributed by atoms with Crippen LogP contribution in [-0.4, -0.2) is 17.5 Å². The third-order valence-electron chi connectivity index (χ3n) is 1.20. The van der Waals surface area contributed by atoms with Gasteiger partial charge < -0.3 is 5.73 Å². The van der Waals surface area contributed by atoms with E-state index in [0.717, 1.165) is 25.1 Å². The molecule has 0 aliphatic rings. The number of terminal acetylenes is 1. The van der Waals surface area contributed by atoms with Crippen molar-refractivity contribution in [3.05, 3.63) is 0 Å². The van der Waals surface area contributed by atoms with E-state index >= 15 is 0 Å². The second kappa shape index (κ2) is 6.98. The SMILES string of the molecule is C#CCCCSC(C)CN. The normalized spacial score (nSPS) is 12.5. The standard InChI is InChI=1S/C8H15NS/c1-3-4-5-6-10-8(2)7-9/h1,8H,4-7,9H2,2H3. The minimum Gasteiger partial charge on any atom is -0.329 e. The van der Waals surface area contributed by atoms with Crippen LogP contribution in [-0.2, 0) is 0 Å². The molecule has 58 valence electrons. The summed E-state index contributed by atoms with van der Waals surface area (Å²) in [6.45, 7) is 2.90. The second-order valence-corrected chi connectivity index (χ2v) is 3.77. The van der Waals surface area contributed by atoms with Crippen LogP contribution < -0.4 is 5.73 Å². The van der Waals surface area contributed by atoms with Crippen LogP contribution in [0.3, 0.4) is 0 Å². The van der Waals surface area contributed by atoms with E-state index in [1.807, 2.05) is 11.8 Å². The fraction of sp³-hybridized carbons (Fsp3) is 0.750. The summed E-state index contributed by atoms with van der Waals surface area (Å²) < 4.78 is 0. The Morgan fingerprint density at radius 3 is 2.90 bits per heavy atom. The highest BCUT2D eigenvalue weighted by Crippen LogP contribution is 2.10. The number of hydrogen-bond donors (Lipinski definition) is 1. The molecular weight excluding hydrogens is 142 g/mol. The maximum atomic E-state index is 5.43. The molecule has 2 N–H and O–H groups in total. The molecule has 0 aliphatic heterocycles. The van der Waals surface area contributed by atoms with Crippen LogP contribution >= 0.6 is 11.8 Å². The summed E-state index contributed by atoms with van der Waals surface area (Å²) in [6, 6.07) is 0. The van der Waals surface area contributed by atoms with E-state index in [-0.39, 0.29) is 0 Å². The molecule has 0 saturated heterocycles. The molecular formula is C8H15NS. The highest BCUT2D eigenvalue weighted by Gasteiger charge is 1.96. The van der Waals surface area contributed by atoms with Gasteiger partial charge in [0.05, 0.1) is 0 Å². The van der Waals surface area contributed by atoms with Crippen molar-refractivity contribution in [2.24, 2.45) is 5.73 Å². The summed E-state index contributed by atoms with van der Waals surface area (Å²) in [4.78, 5) is 0. The predicted molar refractivity (Wildman–Crippen MR) is 49.0 cm³/mol. The average Bonchev–Trinajstić information content (AvgIpc) is 1.98. The highest BCUT2D eigenvalue weighted by atomic mass is 32.2. The van der Waals surface area contributed by atoms with Gasteiger partial charge in [-0.25, -0.2) is 0 Å². The minimum atomic E-state index is 0.581. The fourth-order valence-corrected chi connectivity index (χ4v) is 1.38. The van der Waals surface area contributed by atoms with Gasteiger partial charge >= 0.3 is 0 Å². The summed E-state index contributed by atoms with van der Waals surface area (Å²) >= 11 is 1.90. The van der Waals surface area contributed by atoms with Gasteiger partial charge in [-0.15, -0.1) is 12.3 Å². The molecule has 0 aliphatic carbocycles. The largest absolute Gasteiger partial charge is 0.329 e. The van der Waals surface area contributed by atoms with Crippen molar-refractivity contribution < 1.29 is 0 Å². The first-order chi connectivity index (χ1) is 4.81. The first-order valence-corrected chi connectivity index (χ1v) is 4.61. The van der Waals surface area contributed by atoms with Crippen LogP contribution in [0.25, 0.3) is 0 Å². The average molecular weight is 157 g/mol. The Morgan fingerprint density at radius 2 is 2.40 bits per heavy atom. The minimum absolute atomic E-state index is 0.581. The molecule has 0 rings (SSSR count). The first-order valence-electron chi connectivity index (χ1n) is 3.56. The Balaban J connectivity index is 2.98. The first kappa shape index (κ1) is 9.87. The van der Waals surface area contributed by atoms with Gasteiger partial charge in [-0.05, 0) is 12.2 Å². The van der Waals surface area contributed by atoms with Gasteiger partial charge in [0.15, 0.2) is 0 Å². The molecule has 1 unspecified atom stereocenters. The van der Waals surface area contributed by atoms with Crippen LogP contribution in [0.15, 0.2) is 0 Å². The van der Waals surface area contributed by atoms with Crippen LogP contribution in [0, 0.1) is 12.3 Å². The van der Waals surface area contributed by atoms with Gasteiger partial charge in [0.2, 0.25) is 0 Å². The predicted octanol–water partition coefficient (Wildman–Crippen LogP) is 1.48. The highest BCUT2D eigenvalue weighted by molar-refractivity contribution is 7.99. The number of unbranched alkanes of at least 4 members (excludes halogenated alkanes) is 1. The lowest BCUT2D eigenvalue weighted by Crippen LogP contribution is -2.12. The topological polar surface area (TPSA) is 26.0 Å². The van der Waals surface area contributed by atoms with Crippen LogP contribution in [0.2, 0.25) is 0 Å². The van der Waals surface area contributed by atoms with Gasteiger partial charge in [0.1, 0.15) is 0 Å². The summed E-state index contributed by atoms with van der Waals surface area (Å²) in [5.74, 6) is 3.76. The van der Waals surface area contributed by atoms with E-state index in [2.05, 4.69) is 12.8 Å². The lowest BCUT2D eigenvalue weighted by atomic mass is 10.4. The zero-order valence-corrected chi connectivity index (χ0v) is 7.29. The molecule has 1 nitrogen and oxygen atoms in total. The van der Waals surface area contributed by atoms with Crippen molar-refractivity contribution in [2.75, 3.05) is 12.3 Å². The lowest BCUT2D eigenvalue weighted by Gasteiger charge is -2.05. The van der Waals surface area contributed by atoms with Crippen LogP contribution in [0.4, 0.5) is 0 Å². The zero-order valence-electron chi connectivity index (χ0n) is 6.47. The molecule has 0 radical (unpaired) electrons. The van der Waals surface area contributed by atoms with Crippen molar-refractivity contribution in [3.63, 3.8) is 0 Å². The molecule has 0 bridgehead atoms. The van der Waals surface area contributed by atoms with Crippen molar-refractivity contribution in [1.29, 1.82) is 0 Å². The molecule has 0 aromatic carbocycles. The van der Waals surface area contributed by atoms with Crippen molar-refractivity contribution >= 4 is 11.8 Å². The third kappa shape index (κ3) is 6.00. The monoisotopic (exact) mass is 157 g/mol. The Kier molecular flexibility index (Phi) is 6.89. The van der Waals surface area contributed by atoms with Gasteiger partial charge in [-0.3, -0.25) is 0 Å². The van der Waals surface area contributed by atoms with Gasteiger partial charge in [-0.1, -0.05) is 6.92 Å². The van der Waals surface area contributed by atoms with Gasteiger partial charge in [0, 0.05) is 18.2 Å². The van der Waals surface area contributed by atoms with Crippen molar-refractivity contribution in [1.82, 2.24) is 0 Å². The summed E-state index contributed by atoms with van der Waals surface area (Å²) in [5, 5.41) is 0.581. The molecule has 0 fully saturated rings. The molecule has 1 atom stereocenters. The van der Waals surface area contributed by atoms with E-state index in [1.54, 1.807) is 0 Å². The maximum absolute atomic E-state index is 5.43. The summed E-state index contributed by atoms with van der Waals surface area (Å²) in [7, 11) is 0. The Labute approximate surface area is 67.8 Å². The molecule has 0 saturated carbocycles. The number of thioether (sulfide) groups is 1. The molecule has 0 heterocycles. The molecule has 0 aromatic heterocycles. The molecule has 10 heavy (non-hydrogen) atoms. The summed E-state index contributed by atoms with van der Waals surface area (Å²) in [5.41, 5.74) is 5.43. The van der Waals surface area contributed by atoms with Crippen molar-refractivity contribution in [3.8, 4) is 12.3 Å². The maximum Gasteiger partial charge on any atom is 0.0141 e. The van der Waals surface area contributed by atoms with Gasteiger partial charge in [-0.2, -0.15) is 11.8 Å². The molecule has 2 heteroatoms. The van der Waals surface area contributed by atoms with Gasteiger partial charge in [0.25, 0.3) is 0 Å². The Bertz CT molecular complexity index is 106. The van der Waals surface area contributed by atoms with Crippen LogP contribution in [0.1, 0.15) is 19.8 Å². The number of rotatable bonds is 5. The lowest BCUT2D eigenvalue weighted by molar-refractivity contribution is 0.936. The molecule has 0 aromatic rings. The third-order valence-corrected chi connectivity index (χ3v) is 2.49.